The third kappa shape index (κ3) is 13.4. The largest absolute Gasteiger partial charge is 0.273 e. The van der Waals surface area contributed by atoms with E-state index in [1.807, 2.05) is 0 Å². The molecule has 0 aromatic heterocycles. The number of nitrogens with one attached hydrogen (secondary N) is 2. The summed E-state index contributed by atoms with van der Waals surface area (Å²) in [5.41, 5.74) is 4.97. The predicted octanol–water partition coefficient (Wildman–Crippen LogP) is 3.85. The molecule has 0 unspecified atom stereocenters. The van der Waals surface area contributed by atoms with Gasteiger partial charge in [-0.15, -0.1) is 0 Å². The number of carbonyl (C=O) groups excluding carboxylic acids is 2. The van der Waals surface area contributed by atoms with E-state index in [0.29, 0.717) is 12.8 Å². The van der Waals surface area contributed by atoms with Crippen molar-refractivity contribution in [3.05, 3.63) is 0 Å². The second kappa shape index (κ2) is 14.4. The second-order valence-corrected chi connectivity index (χ2v) is 5.42. The summed E-state index contributed by atoms with van der Waals surface area (Å²) in [5, 5.41) is 0. The van der Waals surface area contributed by atoms with Gasteiger partial charge in [-0.3, -0.25) is 20.4 Å². The molecule has 20 heavy (non-hydrogen) atoms. The summed E-state index contributed by atoms with van der Waals surface area (Å²) in [6.45, 7) is 4.34. The number of hydrazine groups is 1. The Morgan fingerprint density at radius 2 is 0.950 bits per heavy atom. The van der Waals surface area contributed by atoms with Gasteiger partial charge in [-0.05, 0) is 12.8 Å². The molecule has 0 saturated heterocycles. The summed E-state index contributed by atoms with van der Waals surface area (Å²) >= 11 is 0. The van der Waals surface area contributed by atoms with Gasteiger partial charge < -0.3 is 0 Å². The minimum Gasteiger partial charge on any atom is -0.273 e. The van der Waals surface area contributed by atoms with Crippen LogP contribution in [0.1, 0.15) is 90.9 Å². The van der Waals surface area contributed by atoms with Gasteiger partial charge in [0.1, 0.15) is 0 Å². The first-order valence-electron chi connectivity index (χ1n) is 8.28. The Hall–Kier alpha value is -1.06. The summed E-state index contributed by atoms with van der Waals surface area (Å²) in [4.78, 5) is 22.9. The molecule has 0 aliphatic rings. The van der Waals surface area contributed by atoms with Crippen molar-refractivity contribution in [3.8, 4) is 0 Å². The fourth-order valence-corrected chi connectivity index (χ4v) is 2.04. The molecule has 0 spiro atoms. The number of carbonyl (C=O) groups is 2. The van der Waals surface area contributed by atoms with Crippen molar-refractivity contribution in [2.24, 2.45) is 0 Å². The van der Waals surface area contributed by atoms with Crippen LogP contribution >= 0.6 is 0 Å². The van der Waals surface area contributed by atoms with Crippen LogP contribution in [0.3, 0.4) is 0 Å². The van der Waals surface area contributed by atoms with E-state index in [2.05, 4.69) is 24.7 Å². The number of hydrogen-bond donors (Lipinski definition) is 2. The summed E-state index contributed by atoms with van der Waals surface area (Å²) < 4.78 is 0. The summed E-state index contributed by atoms with van der Waals surface area (Å²) in [6.07, 6.45) is 12.2. The topological polar surface area (TPSA) is 58.2 Å². The van der Waals surface area contributed by atoms with Crippen molar-refractivity contribution in [1.82, 2.24) is 10.9 Å². The Morgan fingerprint density at radius 1 is 0.600 bits per heavy atom. The molecule has 0 bridgehead atoms. The Balaban J connectivity index is 3.37. The van der Waals surface area contributed by atoms with Gasteiger partial charge in [0.25, 0.3) is 0 Å². The van der Waals surface area contributed by atoms with Crippen LogP contribution in [0.4, 0.5) is 0 Å². The van der Waals surface area contributed by atoms with E-state index in [1.165, 1.54) is 38.5 Å². The molecule has 0 rings (SSSR count). The Morgan fingerprint density at radius 3 is 1.30 bits per heavy atom. The van der Waals surface area contributed by atoms with Crippen LogP contribution < -0.4 is 10.9 Å². The maximum atomic E-state index is 11.5. The minimum absolute atomic E-state index is 0.0826. The van der Waals surface area contributed by atoms with Crippen molar-refractivity contribution >= 4 is 11.8 Å². The SMILES string of the molecule is CCCCCCCC(=O)NNC(=O)CCCCCCC. The van der Waals surface area contributed by atoms with Gasteiger partial charge >= 0.3 is 0 Å². The average Bonchev–Trinajstić information content (AvgIpc) is 2.44. The zero-order valence-corrected chi connectivity index (χ0v) is 13.3. The molecule has 118 valence electrons. The molecule has 0 fully saturated rings. The van der Waals surface area contributed by atoms with Crippen LogP contribution in [0, 0.1) is 0 Å². The fourth-order valence-electron chi connectivity index (χ4n) is 2.04. The highest BCUT2D eigenvalue weighted by atomic mass is 16.2. The van der Waals surface area contributed by atoms with Crippen LogP contribution in [0.2, 0.25) is 0 Å². The lowest BCUT2D eigenvalue weighted by Gasteiger charge is -2.07. The molecular formula is C16H32N2O2. The van der Waals surface area contributed by atoms with E-state index in [-0.39, 0.29) is 11.8 Å². The first kappa shape index (κ1) is 18.9. The third-order valence-corrected chi connectivity index (χ3v) is 3.36. The fraction of sp³-hybridized carbons (Fsp3) is 0.875. The van der Waals surface area contributed by atoms with E-state index >= 15 is 0 Å². The summed E-state index contributed by atoms with van der Waals surface area (Å²) in [5.74, 6) is -0.165. The number of unbranched alkanes of at least 4 members (excludes halogenated alkanes) is 8. The highest BCUT2D eigenvalue weighted by Gasteiger charge is 2.04. The molecule has 0 saturated carbocycles. The molecule has 0 aliphatic heterocycles. The van der Waals surface area contributed by atoms with Crippen molar-refractivity contribution in [1.29, 1.82) is 0 Å². The molecule has 2 N–H and O–H groups in total. The number of rotatable bonds is 12. The highest BCUT2D eigenvalue weighted by molar-refractivity contribution is 5.81. The maximum Gasteiger partial charge on any atom is 0.238 e. The molecule has 0 aromatic rings. The molecule has 0 aliphatic carbocycles. The lowest BCUT2D eigenvalue weighted by atomic mass is 10.1. The zero-order valence-electron chi connectivity index (χ0n) is 13.3. The smallest absolute Gasteiger partial charge is 0.238 e. The monoisotopic (exact) mass is 284 g/mol. The van der Waals surface area contributed by atoms with Gasteiger partial charge in [0.05, 0.1) is 0 Å². The molecule has 4 nitrogen and oxygen atoms in total. The summed E-state index contributed by atoms with van der Waals surface area (Å²) in [7, 11) is 0. The Labute approximate surface area is 124 Å². The minimum atomic E-state index is -0.0826. The van der Waals surface area contributed by atoms with Crippen LogP contribution in [-0.4, -0.2) is 11.8 Å². The predicted molar refractivity (Wildman–Crippen MR) is 83.0 cm³/mol. The molecule has 4 heteroatoms. The molecule has 0 heterocycles. The number of amides is 2. The molecule has 2 amide bonds. The van der Waals surface area contributed by atoms with Crippen LogP contribution in [0.25, 0.3) is 0 Å². The number of hydrogen-bond acceptors (Lipinski definition) is 2. The van der Waals surface area contributed by atoms with Crippen molar-refractivity contribution < 1.29 is 9.59 Å². The Bertz CT molecular complexity index is 229. The average molecular weight is 284 g/mol. The third-order valence-electron chi connectivity index (χ3n) is 3.36. The van der Waals surface area contributed by atoms with Gasteiger partial charge in [0, 0.05) is 12.8 Å². The lowest BCUT2D eigenvalue weighted by molar-refractivity contribution is -0.129. The van der Waals surface area contributed by atoms with Crippen LogP contribution in [-0.2, 0) is 9.59 Å². The molecule has 0 atom stereocenters. The van der Waals surface area contributed by atoms with Gasteiger partial charge in [0.15, 0.2) is 0 Å². The van der Waals surface area contributed by atoms with Gasteiger partial charge in [-0.25, -0.2) is 0 Å². The first-order valence-corrected chi connectivity index (χ1v) is 8.28. The molecule has 0 aromatic carbocycles. The maximum absolute atomic E-state index is 11.5. The lowest BCUT2D eigenvalue weighted by Crippen LogP contribution is -2.41. The standard InChI is InChI=1S/C16H32N2O2/c1-3-5-7-9-11-13-15(19)17-18-16(20)14-12-10-8-6-4-2/h3-14H2,1-2H3,(H,17,19)(H,18,20). The van der Waals surface area contributed by atoms with Crippen LogP contribution in [0.5, 0.6) is 0 Å². The van der Waals surface area contributed by atoms with E-state index < -0.39 is 0 Å². The van der Waals surface area contributed by atoms with Crippen molar-refractivity contribution in [3.63, 3.8) is 0 Å². The van der Waals surface area contributed by atoms with Crippen molar-refractivity contribution in [2.45, 2.75) is 90.9 Å². The normalized spacial score (nSPS) is 10.3. The highest BCUT2D eigenvalue weighted by Crippen LogP contribution is 2.05. The first-order chi connectivity index (χ1) is 9.70. The quantitative estimate of drug-likeness (QED) is 0.422. The molecule has 0 radical (unpaired) electrons. The van der Waals surface area contributed by atoms with E-state index in [1.54, 1.807) is 0 Å². The Kier molecular flexibility index (Phi) is 13.6. The van der Waals surface area contributed by atoms with E-state index in [9.17, 15) is 9.59 Å². The van der Waals surface area contributed by atoms with Gasteiger partial charge in [-0.1, -0.05) is 65.2 Å². The zero-order chi connectivity index (χ0) is 15.1. The van der Waals surface area contributed by atoms with Crippen LogP contribution in [0.15, 0.2) is 0 Å². The van der Waals surface area contributed by atoms with E-state index in [4.69, 9.17) is 0 Å². The molecular weight excluding hydrogens is 252 g/mol. The van der Waals surface area contributed by atoms with Crippen molar-refractivity contribution in [2.75, 3.05) is 0 Å². The summed E-state index contributed by atoms with van der Waals surface area (Å²) in [6, 6.07) is 0. The van der Waals surface area contributed by atoms with Gasteiger partial charge in [-0.2, -0.15) is 0 Å². The van der Waals surface area contributed by atoms with Gasteiger partial charge in [0.2, 0.25) is 11.8 Å². The van der Waals surface area contributed by atoms with E-state index in [0.717, 1.165) is 25.7 Å². The second-order valence-electron chi connectivity index (χ2n) is 5.42.